The molecule has 1 aliphatic rings. The first-order valence-electron chi connectivity index (χ1n) is 10.5. The van der Waals surface area contributed by atoms with E-state index in [1.807, 2.05) is 59.5 Å². The SMILES string of the molecule is COc1ccc([C@H]2CCCCCN2C(=O)[C@@H](C)NC(=O)OCc2ccccc2)cc1. The number of carbonyl (C=O) groups excluding carboxylic acids is 2. The Morgan fingerprint density at radius 2 is 1.80 bits per heavy atom. The van der Waals surface area contributed by atoms with E-state index in [-0.39, 0.29) is 18.6 Å². The second-order valence-electron chi connectivity index (χ2n) is 7.60. The number of nitrogens with zero attached hydrogens (tertiary/aromatic N) is 1. The van der Waals surface area contributed by atoms with Crippen LogP contribution in [0.15, 0.2) is 54.6 Å². The maximum atomic E-state index is 13.2. The lowest BCUT2D eigenvalue weighted by atomic mass is 10.00. The highest BCUT2D eigenvalue weighted by molar-refractivity contribution is 5.85. The quantitative estimate of drug-likeness (QED) is 0.764. The number of nitrogens with one attached hydrogen (secondary N) is 1. The fourth-order valence-corrected chi connectivity index (χ4v) is 3.80. The number of methoxy groups -OCH3 is 1. The first-order chi connectivity index (χ1) is 14.6. The lowest BCUT2D eigenvalue weighted by molar-refractivity contribution is -0.135. The molecular formula is C24H30N2O4. The van der Waals surface area contributed by atoms with E-state index in [0.717, 1.165) is 42.6 Å². The second kappa shape index (κ2) is 10.7. The molecule has 0 radical (unpaired) electrons. The normalized spacial score (nSPS) is 17.5. The Bertz CT molecular complexity index is 823. The number of likely N-dealkylation sites (tertiary alicyclic amines) is 1. The van der Waals surface area contributed by atoms with E-state index >= 15 is 0 Å². The van der Waals surface area contributed by atoms with Crippen LogP contribution in [0.2, 0.25) is 0 Å². The number of benzene rings is 2. The van der Waals surface area contributed by atoms with Gasteiger partial charge in [0.15, 0.2) is 0 Å². The van der Waals surface area contributed by atoms with Gasteiger partial charge in [-0.25, -0.2) is 4.79 Å². The molecule has 0 bridgehead atoms. The Labute approximate surface area is 178 Å². The lowest BCUT2D eigenvalue weighted by Gasteiger charge is -2.32. The van der Waals surface area contributed by atoms with E-state index in [1.165, 1.54) is 0 Å². The highest BCUT2D eigenvalue weighted by Gasteiger charge is 2.30. The molecule has 1 fully saturated rings. The fourth-order valence-electron chi connectivity index (χ4n) is 3.80. The molecule has 2 aromatic rings. The van der Waals surface area contributed by atoms with Crippen molar-refractivity contribution in [2.24, 2.45) is 0 Å². The Kier molecular flexibility index (Phi) is 7.71. The van der Waals surface area contributed by atoms with Crippen molar-refractivity contribution in [1.82, 2.24) is 10.2 Å². The third-order valence-electron chi connectivity index (χ3n) is 5.45. The summed E-state index contributed by atoms with van der Waals surface area (Å²) in [6.45, 7) is 2.56. The van der Waals surface area contributed by atoms with Crippen LogP contribution < -0.4 is 10.1 Å². The maximum Gasteiger partial charge on any atom is 0.408 e. The van der Waals surface area contributed by atoms with E-state index in [0.29, 0.717) is 6.54 Å². The molecule has 30 heavy (non-hydrogen) atoms. The number of amides is 2. The van der Waals surface area contributed by atoms with Crippen LogP contribution in [0.1, 0.15) is 49.8 Å². The van der Waals surface area contributed by atoms with Gasteiger partial charge in [0, 0.05) is 6.54 Å². The third kappa shape index (κ3) is 5.75. The van der Waals surface area contributed by atoms with Crippen LogP contribution in [0.25, 0.3) is 0 Å². The number of hydrogen-bond acceptors (Lipinski definition) is 4. The molecule has 0 saturated carbocycles. The van der Waals surface area contributed by atoms with Crippen molar-refractivity contribution in [2.45, 2.75) is 51.3 Å². The lowest BCUT2D eigenvalue weighted by Crippen LogP contribution is -2.48. The number of ether oxygens (including phenoxy) is 2. The first-order valence-corrected chi connectivity index (χ1v) is 10.5. The summed E-state index contributed by atoms with van der Waals surface area (Å²) in [6.07, 6.45) is 3.45. The zero-order valence-electron chi connectivity index (χ0n) is 17.7. The van der Waals surface area contributed by atoms with Gasteiger partial charge >= 0.3 is 6.09 Å². The molecule has 160 valence electrons. The van der Waals surface area contributed by atoms with Crippen LogP contribution in [-0.4, -0.2) is 36.6 Å². The molecule has 0 aromatic heterocycles. The Hall–Kier alpha value is -3.02. The number of hydrogen-bond donors (Lipinski definition) is 1. The smallest absolute Gasteiger partial charge is 0.408 e. The van der Waals surface area contributed by atoms with Gasteiger partial charge in [-0.3, -0.25) is 4.79 Å². The van der Waals surface area contributed by atoms with Crippen molar-refractivity contribution in [2.75, 3.05) is 13.7 Å². The molecule has 1 aliphatic heterocycles. The average Bonchev–Trinajstić information content (AvgIpc) is 3.04. The summed E-state index contributed by atoms with van der Waals surface area (Å²) in [7, 11) is 1.64. The second-order valence-corrected chi connectivity index (χ2v) is 7.60. The highest BCUT2D eigenvalue weighted by atomic mass is 16.5. The van der Waals surface area contributed by atoms with Crippen LogP contribution in [0.3, 0.4) is 0 Å². The van der Waals surface area contributed by atoms with Crippen molar-refractivity contribution >= 4 is 12.0 Å². The summed E-state index contributed by atoms with van der Waals surface area (Å²) in [5.41, 5.74) is 1.99. The molecule has 0 unspecified atom stereocenters. The van der Waals surface area contributed by atoms with Gasteiger partial charge in [0.1, 0.15) is 18.4 Å². The van der Waals surface area contributed by atoms with Gasteiger partial charge < -0.3 is 19.7 Å². The van der Waals surface area contributed by atoms with E-state index in [9.17, 15) is 9.59 Å². The maximum absolute atomic E-state index is 13.2. The molecule has 2 atom stereocenters. The minimum atomic E-state index is -0.660. The summed E-state index contributed by atoms with van der Waals surface area (Å²) in [5.74, 6) is 0.704. The largest absolute Gasteiger partial charge is 0.497 e. The predicted octanol–water partition coefficient (Wildman–Crippen LogP) is 4.45. The van der Waals surface area contributed by atoms with Crippen molar-refractivity contribution in [1.29, 1.82) is 0 Å². The van der Waals surface area contributed by atoms with Crippen molar-refractivity contribution in [3.8, 4) is 5.75 Å². The number of alkyl carbamates (subject to hydrolysis) is 1. The topological polar surface area (TPSA) is 67.9 Å². The van der Waals surface area contributed by atoms with Gasteiger partial charge in [-0.2, -0.15) is 0 Å². The Morgan fingerprint density at radius 1 is 1.07 bits per heavy atom. The van der Waals surface area contributed by atoms with Crippen molar-refractivity contribution < 1.29 is 19.1 Å². The van der Waals surface area contributed by atoms with E-state index < -0.39 is 12.1 Å². The van der Waals surface area contributed by atoms with E-state index in [1.54, 1.807) is 14.0 Å². The van der Waals surface area contributed by atoms with Gasteiger partial charge in [0.25, 0.3) is 0 Å². The molecule has 2 amide bonds. The Morgan fingerprint density at radius 3 is 2.50 bits per heavy atom. The predicted molar refractivity (Wildman–Crippen MR) is 115 cm³/mol. The minimum absolute atomic E-state index is 0.00417. The van der Waals surface area contributed by atoms with Crippen molar-refractivity contribution in [3.63, 3.8) is 0 Å². The summed E-state index contributed by atoms with van der Waals surface area (Å²) < 4.78 is 10.5. The third-order valence-corrected chi connectivity index (χ3v) is 5.45. The molecule has 1 saturated heterocycles. The minimum Gasteiger partial charge on any atom is -0.497 e. The van der Waals surface area contributed by atoms with Crippen LogP contribution in [0, 0.1) is 0 Å². The number of rotatable bonds is 6. The fraction of sp³-hybridized carbons (Fsp3) is 0.417. The van der Waals surface area contributed by atoms with E-state index in [4.69, 9.17) is 9.47 Å². The van der Waals surface area contributed by atoms with Crippen LogP contribution in [0.5, 0.6) is 5.75 Å². The van der Waals surface area contributed by atoms with Crippen LogP contribution >= 0.6 is 0 Å². The monoisotopic (exact) mass is 410 g/mol. The molecule has 1 heterocycles. The van der Waals surface area contributed by atoms with E-state index in [2.05, 4.69) is 5.32 Å². The van der Waals surface area contributed by atoms with Gasteiger partial charge in [-0.05, 0) is 43.0 Å². The van der Waals surface area contributed by atoms with Gasteiger partial charge in [0.2, 0.25) is 5.91 Å². The molecule has 0 aliphatic carbocycles. The molecular weight excluding hydrogens is 380 g/mol. The first kappa shape index (κ1) is 21.7. The van der Waals surface area contributed by atoms with Gasteiger partial charge in [-0.1, -0.05) is 55.3 Å². The zero-order chi connectivity index (χ0) is 21.3. The molecule has 6 nitrogen and oxygen atoms in total. The Balaban J connectivity index is 1.63. The molecule has 2 aromatic carbocycles. The number of carbonyl (C=O) groups is 2. The summed E-state index contributed by atoms with van der Waals surface area (Å²) in [4.78, 5) is 27.3. The highest BCUT2D eigenvalue weighted by Crippen LogP contribution is 2.31. The average molecular weight is 411 g/mol. The van der Waals surface area contributed by atoms with Gasteiger partial charge in [0.05, 0.1) is 13.2 Å². The van der Waals surface area contributed by atoms with Crippen LogP contribution in [-0.2, 0) is 16.1 Å². The molecule has 3 rings (SSSR count). The summed E-state index contributed by atoms with van der Waals surface area (Å²) in [5, 5.41) is 2.69. The standard InChI is InChI=1S/C24H30N2O4/c1-18(25-24(28)30-17-19-9-5-3-6-10-19)23(27)26-16-8-4-7-11-22(26)20-12-14-21(29-2)15-13-20/h3,5-6,9-10,12-15,18,22H,4,7-8,11,16-17H2,1-2H3,(H,25,28)/t18-,22-/m1/s1. The molecule has 6 heteroatoms. The van der Waals surface area contributed by atoms with Crippen LogP contribution in [0.4, 0.5) is 4.79 Å². The zero-order valence-corrected chi connectivity index (χ0v) is 17.7. The summed E-state index contributed by atoms with van der Waals surface area (Å²) >= 11 is 0. The molecule has 0 spiro atoms. The molecule has 1 N–H and O–H groups in total. The summed E-state index contributed by atoms with van der Waals surface area (Å²) in [6, 6.07) is 16.7. The van der Waals surface area contributed by atoms with Crippen molar-refractivity contribution in [3.05, 3.63) is 65.7 Å². The van der Waals surface area contributed by atoms with Gasteiger partial charge in [-0.15, -0.1) is 0 Å².